The number of sulfonamides is 1. The summed E-state index contributed by atoms with van der Waals surface area (Å²) in [5, 5.41) is 0.650. The van der Waals surface area contributed by atoms with E-state index in [9.17, 15) is 8.42 Å². The van der Waals surface area contributed by atoms with Gasteiger partial charge in [0.25, 0.3) is 0 Å². The number of ether oxygens (including phenoxy) is 1. The molecular weight excluding hydrogens is 312 g/mol. The van der Waals surface area contributed by atoms with E-state index in [2.05, 4.69) is 9.27 Å². The van der Waals surface area contributed by atoms with Gasteiger partial charge in [0.2, 0.25) is 10.0 Å². The lowest BCUT2D eigenvalue weighted by Crippen LogP contribution is -2.36. The minimum absolute atomic E-state index is 0.0858. The average Bonchev–Trinajstić information content (AvgIpc) is 2.82. The zero-order valence-corrected chi connectivity index (χ0v) is 14.2. The molecule has 120 valence electrons. The highest BCUT2D eigenvalue weighted by Gasteiger charge is 2.31. The van der Waals surface area contributed by atoms with Crippen LogP contribution >= 0.6 is 11.5 Å². The maximum atomic E-state index is 12.4. The van der Waals surface area contributed by atoms with E-state index in [0.717, 1.165) is 44.1 Å². The number of aromatic nitrogens is 1. The lowest BCUT2D eigenvalue weighted by molar-refractivity contribution is 0.139. The first-order valence-corrected chi connectivity index (χ1v) is 9.00. The van der Waals surface area contributed by atoms with Crippen molar-refractivity contribution in [2.45, 2.75) is 17.7 Å². The topological polar surface area (TPSA) is 88.8 Å². The molecule has 1 aromatic heterocycles. The number of hydrogen-bond donors (Lipinski definition) is 1. The molecule has 2 N–H and O–H groups in total. The second-order valence-corrected chi connectivity index (χ2v) is 8.22. The lowest BCUT2D eigenvalue weighted by Gasteiger charge is -2.32. The summed E-state index contributed by atoms with van der Waals surface area (Å²) in [5.41, 5.74) is 5.79. The molecule has 1 saturated heterocycles. The highest BCUT2D eigenvalue weighted by Crippen LogP contribution is 2.37. The first-order valence-electron chi connectivity index (χ1n) is 6.79. The van der Waals surface area contributed by atoms with Crippen molar-refractivity contribution in [2.75, 3.05) is 51.5 Å². The summed E-state index contributed by atoms with van der Waals surface area (Å²) in [7, 11) is 1.13. The van der Waals surface area contributed by atoms with Crippen LogP contribution in [-0.4, -0.2) is 58.0 Å². The predicted molar refractivity (Wildman–Crippen MR) is 84.2 cm³/mol. The lowest BCUT2D eigenvalue weighted by atomic mass is 9.98. The van der Waals surface area contributed by atoms with Gasteiger partial charge in [0.15, 0.2) is 10.7 Å². The number of methoxy groups -OCH3 is 1. The Morgan fingerprint density at radius 2 is 2.05 bits per heavy atom. The summed E-state index contributed by atoms with van der Waals surface area (Å²) >= 11 is 1.16. The number of nitrogen functional groups attached to an aromatic ring is 1. The Morgan fingerprint density at radius 3 is 2.57 bits per heavy atom. The summed E-state index contributed by atoms with van der Waals surface area (Å²) in [6.45, 7) is 2.35. The summed E-state index contributed by atoms with van der Waals surface area (Å²) < 4.78 is 35.2. The van der Waals surface area contributed by atoms with Crippen LogP contribution in [0.1, 0.15) is 12.8 Å². The Morgan fingerprint density at radius 1 is 1.43 bits per heavy atom. The standard InChI is InChI=1S/C12H22N4O3S2/c1-15(2)21(17,18)10-11(13)14-20-12(10)16-6-4-9(5-7-16)8-19-3/h9H,4-8H2,1-3H3,(H2,13,14). The quantitative estimate of drug-likeness (QED) is 0.858. The fraction of sp³-hybridized carbons (Fsp3) is 0.750. The number of anilines is 2. The number of nitrogens with zero attached hydrogens (tertiary/aromatic N) is 3. The van der Waals surface area contributed by atoms with E-state index in [0.29, 0.717) is 10.9 Å². The van der Waals surface area contributed by atoms with Gasteiger partial charge in [-0.2, -0.15) is 4.37 Å². The summed E-state index contributed by atoms with van der Waals surface area (Å²) in [6, 6.07) is 0. The van der Waals surface area contributed by atoms with E-state index in [1.165, 1.54) is 18.4 Å². The van der Waals surface area contributed by atoms with Crippen molar-refractivity contribution in [2.24, 2.45) is 5.92 Å². The van der Waals surface area contributed by atoms with Gasteiger partial charge in [-0.1, -0.05) is 0 Å². The van der Waals surface area contributed by atoms with Gasteiger partial charge in [-0.25, -0.2) is 12.7 Å². The van der Waals surface area contributed by atoms with Crippen LogP contribution in [0.25, 0.3) is 0 Å². The van der Waals surface area contributed by atoms with Crippen molar-refractivity contribution in [3.05, 3.63) is 0 Å². The maximum absolute atomic E-state index is 12.4. The van der Waals surface area contributed by atoms with Gasteiger partial charge in [0.1, 0.15) is 5.00 Å². The molecule has 2 heterocycles. The fourth-order valence-corrected chi connectivity index (χ4v) is 4.72. The molecule has 0 aromatic carbocycles. The van der Waals surface area contributed by atoms with Gasteiger partial charge in [-0.15, -0.1) is 0 Å². The molecule has 1 fully saturated rings. The Hall–Kier alpha value is -0.900. The summed E-state index contributed by atoms with van der Waals surface area (Å²) in [5.74, 6) is 0.619. The zero-order valence-electron chi connectivity index (χ0n) is 12.6. The number of rotatable bonds is 5. The van der Waals surface area contributed by atoms with E-state index in [-0.39, 0.29) is 10.7 Å². The van der Waals surface area contributed by atoms with Crippen molar-refractivity contribution in [3.63, 3.8) is 0 Å². The third-order valence-corrected chi connectivity index (χ3v) is 6.63. The monoisotopic (exact) mass is 334 g/mol. The third-order valence-electron chi connectivity index (χ3n) is 3.70. The second-order valence-electron chi connectivity index (χ2n) is 5.38. The van der Waals surface area contributed by atoms with Gasteiger partial charge >= 0.3 is 0 Å². The maximum Gasteiger partial charge on any atom is 0.249 e. The predicted octanol–water partition coefficient (Wildman–Crippen LogP) is 0.838. The van der Waals surface area contributed by atoms with Crippen molar-refractivity contribution in [1.29, 1.82) is 0 Å². The fourth-order valence-electron chi connectivity index (χ4n) is 2.45. The minimum atomic E-state index is -3.58. The van der Waals surface area contributed by atoms with Crippen LogP contribution in [0.5, 0.6) is 0 Å². The Kier molecular flexibility index (Phi) is 5.07. The van der Waals surface area contributed by atoms with Crippen LogP contribution in [-0.2, 0) is 14.8 Å². The van der Waals surface area contributed by atoms with Crippen LogP contribution in [0, 0.1) is 5.92 Å². The molecule has 0 bridgehead atoms. The normalized spacial score (nSPS) is 17.6. The average molecular weight is 334 g/mol. The molecule has 0 spiro atoms. The van der Waals surface area contributed by atoms with Crippen molar-refractivity contribution in [1.82, 2.24) is 8.68 Å². The van der Waals surface area contributed by atoms with E-state index in [1.807, 2.05) is 0 Å². The number of hydrogen-bond acceptors (Lipinski definition) is 7. The summed E-state index contributed by atoms with van der Waals surface area (Å²) in [4.78, 5) is 2.21. The highest BCUT2D eigenvalue weighted by molar-refractivity contribution is 7.89. The van der Waals surface area contributed by atoms with E-state index >= 15 is 0 Å². The van der Waals surface area contributed by atoms with Crippen LogP contribution in [0.3, 0.4) is 0 Å². The second kappa shape index (κ2) is 6.47. The SMILES string of the molecule is COCC1CCN(c2snc(N)c2S(=O)(=O)N(C)C)CC1. The smallest absolute Gasteiger partial charge is 0.249 e. The van der Waals surface area contributed by atoms with Crippen molar-refractivity contribution >= 4 is 32.4 Å². The molecule has 1 aliphatic heterocycles. The molecule has 9 heteroatoms. The number of nitrogens with two attached hydrogens (primary N) is 1. The Bertz CT molecular complexity index is 577. The van der Waals surface area contributed by atoms with Gasteiger partial charge in [0.05, 0.1) is 0 Å². The molecule has 0 amide bonds. The first-order chi connectivity index (χ1) is 9.87. The van der Waals surface area contributed by atoms with Crippen LogP contribution in [0.15, 0.2) is 4.90 Å². The van der Waals surface area contributed by atoms with Crippen molar-refractivity contribution in [3.8, 4) is 0 Å². The van der Waals surface area contributed by atoms with Crippen molar-refractivity contribution < 1.29 is 13.2 Å². The molecule has 0 atom stereocenters. The molecule has 0 saturated carbocycles. The van der Waals surface area contributed by atoms with Gasteiger partial charge in [-0.05, 0) is 30.3 Å². The molecule has 0 unspecified atom stereocenters. The van der Waals surface area contributed by atoms with E-state index < -0.39 is 10.0 Å². The highest BCUT2D eigenvalue weighted by atomic mass is 32.2. The third kappa shape index (κ3) is 3.31. The van der Waals surface area contributed by atoms with Crippen LogP contribution < -0.4 is 10.6 Å². The zero-order chi connectivity index (χ0) is 15.6. The summed E-state index contributed by atoms with van der Waals surface area (Å²) in [6.07, 6.45) is 1.96. The Balaban J connectivity index is 2.23. The molecule has 1 aliphatic rings. The molecule has 1 aromatic rings. The van der Waals surface area contributed by atoms with Gasteiger partial charge in [0, 0.05) is 40.9 Å². The molecular formula is C12H22N4O3S2. The van der Waals surface area contributed by atoms with Crippen LogP contribution in [0.2, 0.25) is 0 Å². The largest absolute Gasteiger partial charge is 0.384 e. The molecule has 2 rings (SSSR count). The van der Waals surface area contributed by atoms with Gasteiger partial charge in [-0.3, -0.25) is 0 Å². The number of piperidine rings is 1. The first kappa shape index (κ1) is 16.5. The molecule has 0 radical (unpaired) electrons. The Labute approximate surface area is 129 Å². The van der Waals surface area contributed by atoms with Crippen LogP contribution in [0.4, 0.5) is 10.8 Å². The van der Waals surface area contributed by atoms with E-state index in [4.69, 9.17) is 10.5 Å². The molecule has 21 heavy (non-hydrogen) atoms. The molecule has 7 nitrogen and oxygen atoms in total. The van der Waals surface area contributed by atoms with E-state index in [1.54, 1.807) is 7.11 Å². The minimum Gasteiger partial charge on any atom is -0.384 e. The van der Waals surface area contributed by atoms with Gasteiger partial charge < -0.3 is 15.4 Å². The molecule has 0 aliphatic carbocycles.